The van der Waals surface area contributed by atoms with Crippen molar-refractivity contribution >= 4 is 0 Å². The van der Waals surface area contributed by atoms with E-state index in [2.05, 4.69) is 19.2 Å². The number of nitrogens with one attached hydrogen (secondary N) is 1. The Bertz CT molecular complexity index is 221. The smallest absolute Gasteiger partial charge is 0.170 e. The molecule has 0 aromatic rings. The summed E-state index contributed by atoms with van der Waals surface area (Å²) in [6, 6.07) is 0. The number of rotatable bonds is 9. The Kier molecular flexibility index (Phi) is 8.57. The van der Waals surface area contributed by atoms with Crippen molar-refractivity contribution in [3.63, 3.8) is 0 Å². The van der Waals surface area contributed by atoms with E-state index in [0.717, 1.165) is 19.6 Å². The largest absolute Gasteiger partial charge is 0.353 e. The quantitative estimate of drug-likeness (QED) is 0.513. The lowest BCUT2D eigenvalue weighted by molar-refractivity contribution is -0.225. The summed E-state index contributed by atoms with van der Waals surface area (Å²) in [5.74, 6) is 0.469. The zero-order valence-corrected chi connectivity index (χ0v) is 12.7. The summed E-state index contributed by atoms with van der Waals surface area (Å²) in [4.78, 5) is 0. The first-order chi connectivity index (χ1) is 9.17. The van der Waals surface area contributed by atoms with Gasteiger partial charge in [0, 0.05) is 38.6 Å². The average molecular weight is 275 g/mol. The highest BCUT2D eigenvalue weighted by atomic mass is 16.7. The Morgan fingerprint density at radius 1 is 1.21 bits per heavy atom. The van der Waals surface area contributed by atoms with Gasteiger partial charge in [-0.25, -0.2) is 0 Å². The van der Waals surface area contributed by atoms with Crippen LogP contribution in [0.2, 0.25) is 0 Å². The van der Waals surface area contributed by atoms with E-state index in [1.165, 1.54) is 0 Å². The maximum Gasteiger partial charge on any atom is 0.170 e. The van der Waals surface area contributed by atoms with E-state index in [9.17, 15) is 0 Å². The maximum atomic E-state index is 5.75. The van der Waals surface area contributed by atoms with Crippen molar-refractivity contribution in [3.8, 4) is 0 Å². The molecule has 3 atom stereocenters. The molecule has 1 aliphatic heterocycles. The Balaban J connectivity index is 2.09. The first-order valence-electron chi connectivity index (χ1n) is 7.38. The van der Waals surface area contributed by atoms with Crippen molar-refractivity contribution in [2.75, 3.05) is 32.9 Å². The van der Waals surface area contributed by atoms with Crippen LogP contribution in [0.4, 0.5) is 0 Å². The van der Waals surface area contributed by atoms with Crippen molar-refractivity contribution in [1.29, 1.82) is 0 Å². The van der Waals surface area contributed by atoms with Gasteiger partial charge in [-0.1, -0.05) is 6.92 Å². The van der Waals surface area contributed by atoms with Crippen LogP contribution >= 0.6 is 0 Å². The fraction of sp³-hybridized carbons (Fsp3) is 1.00. The number of hydrogen-bond acceptors (Lipinski definition) is 5. The minimum atomic E-state index is -0.135. The number of hydrogen-bond donors (Lipinski definition) is 1. The molecule has 0 bridgehead atoms. The standard InChI is InChI=1S/C14H29NO4/c1-5-16-13(17-6-2)7-8-15-9-14-18-10-11(3)12(4)19-14/h11-15H,5-10H2,1-4H3. The molecule has 3 unspecified atom stereocenters. The zero-order chi connectivity index (χ0) is 14.1. The van der Waals surface area contributed by atoms with Gasteiger partial charge in [0.05, 0.1) is 12.7 Å². The first kappa shape index (κ1) is 16.9. The molecule has 0 saturated carbocycles. The topological polar surface area (TPSA) is 49.0 Å². The molecular formula is C14H29NO4. The lowest BCUT2D eigenvalue weighted by atomic mass is 10.1. The van der Waals surface area contributed by atoms with Crippen LogP contribution in [0.1, 0.15) is 34.1 Å². The van der Waals surface area contributed by atoms with E-state index in [-0.39, 0.29) is 18.7 Å². The molecule has 1 N–H and O–H groups in total. The first-order valence-corrected chi connectivity index (χ1v) is 7.38. The molecule has 0 aliphatic carbocycles. The van der Waals surface area contributed by atoms with Gasteiger partial charge in [0.1, 0.15) is 0 Å². The molecule has 114 valence electrons. The fourth-order valence-electron chi connectivity index (χ4n) is 1.94. The van der Waals surface area contributed by atoms with E-state index < -0.39 is 0 Å². The fourth-order valence-corrected chi connectivity index (χ4v) is 1.94. The molecule has 1 fully saturated rings. The highest BCUT2D eigenvalue weighted by molar-refractivity contribution is 4.68. The summed E-state index contributed by atoms with van der Waals surface area (Å²) in [6.07, 6.45) is 0.846. The van der Waals surface area contributed by atoms with Crippen LogP contribution in [0.5, 0.6) is 0 Å². The minimum absolute atomic E-state index is 0.116. The zero-order valence-electron chi connectivity index (χ0n) is 12.7. The average Bonchev–Trinajstić information content (AvgIpc) is 2.39. The van der Waals surface area contributed by atoms with Gasteiger partial charge in [0.15, 0.2) is 12.6 Å². The van der Waals surface area contributed by atoms with Crippen LogP contribution in [0.15, 0.2) is 0 Å². The van der Waals surface area contributed by atoms with Crippen molar-refractivity contribution in [2.45, 2.75) is 52.8 Å². The van der Waals surface area contributed by atoms with Crippen molar-refractivity contribution < 1.29 is 18.9 Å². The SMILES string of the molecule is CCOC(CCNCC1OCC(C)C(C)O1)OCC. The third-order valence-electron chi connectivity index (χ3n) is 3.29. The third-order valence-corrected chi connectivity index (χ3v) is 3.29. The molecular weight excluding hydrogens is 246 g/mol. The Morgan fingerprint density at radius 3 is 2.47 bits per heavy atom. The van der Waals surface area contributed by atoms with Gasteiger partial charge >= 0.3 is 0 Å². The van der Waals surface area contributed by atoms with Gasteiger partial charge in [-0.05, 0) is 20.8 Å². The van der Waals surface area contributed by atoms with Crippen LogP contribution < -0.4 is 5.32 Å². The second-order valence-electron chi connectivity index (χ2n) is 4.91. The molecule has 5 nitrogen and oxygen atoms in total. The normalized spacial score (nSPS) is 27.9. The molecule has 1 aliphatic rings. The van der Waals surface area contributed by atoms with Gasteiger partial charge in [-0.15, -0.1) is 0 Å². The maximum absolute atomic E-state index is 5.75. The molecule has 1 saturated heterocycles. The van der Waals surface area contributed by atoms with Gasteiger partial charge in [-0.2, -0.15) is 0 Å². The molecule has 1 rings (SSSR count). The van der Waals surface area contributed by atoms with Crippen LogP contribution in [0.25, 0.3) is 0 Å². The summed E-state index contributed by atoms with van der Waals surface area (Å²) < 4.78 is 22.3. The van der Waals surface area contributed by atoms with Gasteiger partial charge in [-0.3, -0.25) is 0 Å². The van der Waals surface area contributed by atoms with Crippen LogP contribution in [0.3, 0.4) is 0 Å². The molecule has 0 radical (unpaired) electrons. The molecule has 0 aromatic heterocycles. The van der Waals surface area contributed by atoms with Crippen molar-refractivity contribution in [2.24, 2.45) is 5.92 Å². The summed E-state index contributed by atoms with van der Waals surface area (Å²) >= 11 is 0. The molecule has 0 aromatic carbocycles. The minimum Gasteiger partial charge on any atom is -0.353 e. The predicted octanol–water partition coefficient (Wildman–Crippen LogP) is 1.76. The molecule has 0 amide bonds. The Morgan fingerprint density at radius 2 is 1.89 bits per heavy atom. The van der Waals surface area contributed by atoms with Gasteiger partial charge in [0.2, 0.25) is 0 Å². The summed E-state index contributed by atoms with van der Waals surface area (Å²) in [5.41, 5.74) is 0. The lowest BCUT2D eigenvalue weighted by Crippen LogP contribution is -2.42. The highest BCUT2D eigenvalue weighted by Crippen LogP contribution is 2.17. The lowest BCUT2D eigenvalue weighted by Gasteiger charge is -2.33. The van der Waals surface area contributed by atoms with Crippen molar-refractivity contribution in [1.82, 2.24) is 5.32 Å². The summed E-state index contributed by atoms with van der Waals surface area (Å²) in [5, 5.41) is 3.33. The van der Waals surface area contributed by atoms with E-state index in [4.69, 9.17) is 18.9 Å². The predicted molar refractivity (Wildman–Crippen MR) is 74.0 cm³/mol. The summed E-state index contributed by atoms with van der Waals surface area (Å²) in [7, 11) is 0. The number of ether oxygens (including phenoxy) is 4. The third kappa shape index (κ3) is 6.68. The van der Waals surface area contributed by atoms with Crippen LogP contribution in [-0.4, -0.2) is 51.6 Å². The van der Waals surface area contributed by atoms with Crippen LogP contribution in [0, 0.1) is 5.92 Å². The molecule has 5 heteroatoms. The highest BCUT2D eigenvalue weighted by Gasteiger charge is 2.25. The Hall–Kier alpha value is -0.200. The van der Waals surface area contributed by atoms with Crippen molar-refractivity contribution in [3.05, 3.63) is 0 Å². The van der Waals surface area contributed by atoms with E-state index >= 15 is 0 Å². The van der Waals surface area contributed by atoms with Gasteiger partial charge in [0.25, 0.3) is 0 Å². The summed E-state index contributed by atoms with van der Waals surface area (Å²) in [6.45, 7) is 11.9. The molecule has 19 heavy (non-hydrogen) atoms. The van der Waals surface area contributed by atoms with E-state index in [1.54, 1.807) is 0 Å². The molecule has 1 heterocycles. The van der Waals surface area contributed by atoms with Crippen LogP contribution in [-0.2, 0) is 18.9 Å². The molecule has 0 spiro atoms. The van der Waals surface area contributed by atoms with E-state index in [1.807, 2.05) is 13.8 Å². The van der Waals surface area contributed by atoms with Gasteiger partial charge < -0.3 is 24.3 Å². The second kappa shape index (κ2) is 9.66. The second-order valence-corrected chi connectivity index (χ2v) is 4.91. The monoisotopic (exact) mass is 275 g/mol. The van der Waals surface area contributed by atoms with E-state index in [0.29, 0.717) is 25.7 Å². The Labute approximate surface area is 116 Å².